The van der Waals surface area contributed by atoms with Crippen LogP contribution >= 0.6 is 11.3 Å². The van der Waals surface area contributed by atoms with E-state index in [9.17, 15) is 0 Å². The molecule has 4 heterocycles. The number of piperidine rings is 1. The summed E-state index contributed by atoms with van der Waals surface area (Å²) in [4.78, 5) is 5.17. The van der Waals surface area contributed by atoms with Gasteiger partial charge in [0.25, 0.3) is 0 Å². The van der Waals surface area contributed by atoms with Gasteiger partial charge in [-0.3, -0.25) is 4.68 Å². The lowest BCUT2D eigenvalue weighted by Gasteiger charge is -2.08. The summed E-state index contributed by atoms with van der Waals surface area (Å²) in [7, 11) is 1.94. The van der Waals surface area contributed by atoms with Crippen LogP contribution in [0.15, 0.2) is 30.7 Å². The Morgan fingerprint density at radius 3 is 2.64 bits per heavy atom. The highest BCUT2D eigenvalue weighted by molar-refractivity contribution is 7.19. The largest absolute Gasteiger partial charge is 0.317 e. The molecule has 1 N–H and O–H groups in total. The van der Waals surface area contributed by atoms with E-state index in [4.69, 9.17) is 0 Å². The van der Waals surface area contributed by atoms with Gasteiger partial charge >= 0.3 is 0 Å². The Hall–Kier alpha value is -2.25. The number of aromatic nitrogens is 5. The van der Waals surface area contributed by atoms with Gasteiger partial charge in [0.1, 0.15) is 5.01 Å². The molecule has 3 aromatic heterocycles. The van der Waals surface area contributed by atoms with Gasteiger partial charge < -0.3 is 5.32 Å². The van der Waals surface area contributed by atoms with Crippen LogP contribution < -0.4 is 5.32 Å². The second-order valence-corrected chi connectivity index (χ2v) is 7.36. The standard InChI is InChI=1S/C13H11N5S.C5H11N/c1-8-5-9(6-10-7-17(2)15-11(8)10)12-16-18-4-3-14-13(18)19-12;1-2-4-6-5-3-1/h3-7H,1-2H3;6H,1-5H2. The Kier molecular flexibility index (Phi) is 4.50. The van der Waals surface area contributed by atoms with Gasteiger partial charge in [0.05, 0.1) is 11.7 Å². The zero-order valence-electron chi connectivity index (χ0n) is 14.6. The highest BCUT2D eigenvalue weighted by Gasteiger charge is 2.10. The van der Waals surface area contributed by atoms with Crippen LogP contribution in [0.4, 0.5) is 0 Å². The monoisotopic (exact) mass is 354 g/mol. The van der Waals surface area contributed by atoms with Crippen LogP contribution in [0.2, 0.25) is 0 Å². The Morgan fingerprint density at radius 1 is 1.12 bits per heavy atom. The fourth-order valence-corrected chi connectivity index (χ4v) is 3.95. The van der Waals surface area contributed by atoms with Crippen LogP contribution in [-0.2, 0) is 7.05 Å². The molecule has 4 aromatic rings. The number of hydrogen-bond acceptors (Lipinski definition) is 5. The first kappa shape index (κ1) is 16.2. The zero-order chi connectivity index (χ0) is 17.2. The van der Waals surface area contributed by atoms with Crippen LogP contribution in [0.5, 0.6) is 0 Å². The van der Waals surface area contributed by atoms with Gasteiger partial charge in [-0.2, -0.15) is 10.2 Å². The molecule has 1 aromatic carbocycles. The van der Waals surface area contributed by atoms with Gasteiger partial charge in [-0.1, -0.05) is 17.8 Å². The molecule has 1 saturated heterocycles. The van der Waals surface area contributed by atoms with E-state index in [0.29, 0.717) is 0 Å². The maximum Gasteiger partial charge on any atom is 0.212 e. The maximum atomic E-state index is 4.54. The second kappa shape index (κ2) is 6.93. The Labute approximate surface area is 150 Å². The van der Waals surface area contributed by atoms with E-state index in [0.717, 1.165) is 26.4 Å². The third-order valence-corrected chi connectivity index (χ3v) is 5.33. The number of rotatable bonds is 1. The van der Waals surface area contributed by atoms with Crippen molar-refractivity contribution in [1.29, 1.82) is 0 Å². The molecule has 1 aliphatic heterocycles. The molecular weight excluding hydrogens is 332 g/mol. The smallest absolute Gasteiger partial charge is 0.212 e. The molecule has 130 valence electrons. The van der Waals surface area contributed by atoms with Crippen molar-refractivity contribution in [3.63, 3.8) is 0 Å². The summed E-state index contributed by atoms with van der Waals surface area (Å²) in [6.45, 7) is 4.58. The number of nitrogens with one attached hydrogen (secondary N) is 1. The van der Waals surface area contributed by atoms with Crippen LogP contribution in [0.25, 0.3) is 26.4 Å². The summed E-state index contributed by atoms with van der Waals surface area (Å²) < 4.78 is 3.65. The summed E-state index contributed by atoms with van der Waals surface area (Å²) in [5.74, 6) is 0. The summed E-state index contributed by atoms with van der Waals surface area (Å²) in [5.41, 5.74) is 3.34. The number of nitrogens with zero attached hydrogens (tertiary/aromatic N) is 5. The normalized spacial score (nSPS) is 14.6. The third kappa shape index (κ3) is 3.43. The highest BCUT2D eigenvalue weighted by Crippen LogP contribution is 2.29. The van der Waals surface area contributed by atoms with E-state index >= 15 is 0 Å². The average molecular weight is 354 g/mol. The molecule has 0 amide bonds. The van der Waals surface area contributed by atoms with Crippen molar-refractivity contribution in [2.75, 3.05) is 13.1 Å². The first-order valence-electron chi connectivity index (χ1n) is 8.66. The molecule has 0 radical (unpaired) electrons. The fourth-order valence-electron chi connectivity index (χ4n) is 3.11. The predicted octanol–water partition coefficient (Wildman–Crippen LogP) is 3.41. The first-order valence-corrected chi connectivity index (χ1v) is 9.47. The molecule has 0 atom stereocenters. The van der Waals surface area contributed by atoms with Crippen molar-refractivity contribution >= 4 is 27.2 Å². The van der Waals surface area contributed by atoms with E-state index in [2.05, 4.69) is 39.6 Å². The minimum Gasteiger partial charge on any atom is -0.317 e. The summed E-state index contributed by atoms with van der Waals surface area (Å²) >= 11 is 1.59. The Morgan fingerprint density at radius 2 is 1.96 bits per heavy atom. The van der Waals surface area contributed by atoms with Gasteiger partial charge in [-0.05, 0) is 50.6 Å². The summed E-state index contributed by atoms with van der Waals surface area (Å²) in [6, 6.07) is 4.27. The van der Waals surface area contributed by atoms with Crippen LogP contribution in [-0.4, -0.2) is 37.5 Å². The summed E-state index contributed by atoms with van der Waals surface area (Å²) in [6.07, 6.45) is 9.88. The lowest BCUT2D eigenvalue weighted by Crippen LogP contribution is -2.21. The molecule has 5 rings (SSSR count). The predicted molar refractivity (Wildman–Crippen MR) is 102 cm³/mol. The fraction of sp³-hybridized carbons (Fsp3) is 0.389. The molecule has 0 spiro atoms. The van der Waals surface area contributed by atoms with Gasteiger partial charge in [0.15, 0.2) is 0 Å². The van der Waals surface area contributed by atoms with Gasteiger partial charge in [0, 0.05) is 30.4 Å². The SMILES string of the molecule is C1CCNCC1.Cc1cc(-c2nn3ccnc3s2)cc2cn(C)nc12. The van der Waals surface area contributed by atoms with Gasteiger partial charge in [-0.25, -0.2) is 9.50 Å². The maximum absolute atomic E-state index is 4.54. The molecule has 0 aliphatic carbocycles. The minimum absolute atomic E-state index is 0.916. The van der Waals surface area contributed by atoms with Crippen LogP contribution in [0.1, 0.15) is 24.8 Å². The van der Waals surface area contributed by atoms with E-state index in [1.807, 2.05) is 28.6 Å². The topological polar surface area (TPSA) is 60.0 Å². The van der Waals surface area contributed by atoms with Crippen molar-refractivity contribution in [2.24, 2.45) is 7.05 Å². The minimum atomic E-state index is 0.916. The number of aryl methyl sites for hydroxylation is 2. The first-order chi connectivity index (χ1) is 12.2. The van der Waals surface area contributed by atoms with Crippen molar-refractivity contribution in [3.05, 3.63) is 36.3 Å². The Bertz CT molecular complexity index is 952. The van der Waals surface area contributed by atoms with Gasteiger partial charge in [0.2, 0.25) is 4.96 Å². The molecular formula is C18H22N6S. The average Bonchev–Trinajstić information content (AvgIpc) is 3.30. The molecule has 1 fully saturated rings. The van der Waals surface area contributed by atoms with E-state index in [1.54, 1.807) is 17.5 Å². The van der Waals surface area contributed by atoms with E-state index in [1.165, 1.54) is 37.9 Å². The molecule has 1 aliphatic rings. The molecule has 0 bridgehead atoms. The summed E-state index contributed by atoms with van der Waals surface area (Å²) in [5, 5.41) is 14.4. The van der Waals surface area contributed by atoms with Crippen LogP contribution in [0, 0.1) is 6.92 Å². The molecule has 7 heteroatoms. The Balaban J connectivity index is 0.000000223. The lowest BCUT2D eigenvalue weighted by atomic mass is 10.1. The van der Waals surface area contributed by atoms with Crippen LogP contribution in [0.3, 0.4) is 0 Å². The third-order valence-electron chi connectivity index (χ3n) is 4.34. The van der Waals surface area contributed by atoms with Crippen molar-refractivity contribution in [2.45, 2.75) is 26.2 Å². The van der Waals surface area contributed by atoms with E-state index in [-0.39, 0.29) is 0 Å². The second-order valence-electron chi connectivity index (χ2n) is 6.41. The number of imidazole rings is 1. The number of benzene rings is 1. The van der Waals surface area contributed by atoms with E-state index < -0.39 is 0 Å². The lowest BCUT2D eigenvalue weighted by molar-refractivity contribution is 0.520. The number of hydrogen-bond donors (Lipinski definition) is 1. The van der Waals surface area contributed by atoms with Crippen molar-refractivity contribution < 1.29 is 0 Å². The highest BCUT2D eigenvalue weighted by atomic mass is 32.1. The van der Waals surface area contributed by atoms with Gasteiger partial charge in [-0.15, -0.1) is 0 Å². The van der Waals surface area contributed by atoms with Crippen molar-refractivity contribution in [1.82, 2.24) is 29.7 Å². The molecule has 0 saturated carbocycles. The molecule has 0 unspecified atom stereocenters. The number of fused-ring (bicyclic) bond motifs is 2. The molecule has 25 heavy (non-hydrogen) atoms. The quantitative estimate of drug-likeness (QED) is 0.569. The van der Waals surface area contributed by atoms with Crippen molar-refractivity contribution in [3.8, 4) is 10.6 Å². The molecule has 6 nitrogen and oxygen atoms in total. The zero-order valence-corrected chi connectivity index (χ0v) is 15.4.